The fourth-order valence-electron chi connectivity index (χ4n) is 1.60. The van der Waals surface area contributed by atoms with E-state index < -0.39 is 25.6 Å². The van der Waals surface area contributed by atoms with Crippen molar-refractivity contribution in [2.75, 3.05) is 7.11 Å². The molecule has 1 aliphatic rings. The molecule has 0 unspecified atom stereocenters. The predicted octanol–water partition coefficient (Wildman–Crippen LogP) is 0.896. The smallest absolute Gasteiger partial charge is 0.349 e. The molecule has 0 amide bonds. The van der Waals surface area contributed by atoms with Crippen LogP contribution >= 0.6 is 0 Å². The van der Waals surface area contributed by atoms with Crippen molar-refractivity contribution in [3.05, 3.63) is 38.8 Å². The lowest BCUT2D eigenvalue weighted by Gasteiger charge is -2.01. The van der Waals surface area contributed by atoms with Crippen LogP contribution in [0.25, 0.3) is 6.08 Å². The van der Waals surface area contributed by atoms with Gasteiger partial charge in [-0.3, -0.25) is 10.1 Å². The first-order chi connectivity index (χ1) is 8.37. The highest BCUT2D eigenvalue weighted by Crippen LogP contribution is 2.35. The summed E-state index contributed by atoms with van der Waals surface area (Å²) in [7, 11) is -2.97. The average molecular weight is 269 g/mol. The SMILES string of the molecule is COC(=O)C1=Cc2ccc([N+](=O)[O-])cc2S1(=O)=O. The fraction of sp³-hybridized carbons (Fsp3) is 0.100. The molecule has 0 fully saturated rings. The lowest BCUT2D eigenvalue weighted by molar-refractivity contribution is -0.385. The van der Waals surface area contributed by atoms with Gasteiger partial charge >= 0.3 is 5.97 Å². The van der Waals surface area contributed by atoms with Crippen LogP contribution in [0.4, 0.5) is 5.69 Å². The molecule has 1 heterocycles. The minimum Gasteiger partial charge on any atom is -0.465 e. The van der Waals surface area contributed by atoms with Gasteiger partial charge in [0.05, 0.1) is 16.9 Å². The van der Waals surface area contributed by atoms with E-state index in [1.807, 2.05) is 0 Å². The van der Waals surface area contributed by atoms with Crippen LogP contribution in [-0.4, -0.2) is 26.4 Å². The molecule has 18 heavy (non-hydrogen) atoms. The molecule has 7 nitrogen and oxygen atoms in total. The zero-order valence-electron chi connectivity index (χ0n) is 9.11. The van der Waals surface area contributed by atoms with E-state index in [4.69, 9.17) is 0 Å². The number of methoxy groups -OCH3 is 1. The third-order valence-corrected chi connectivity index (χ3v) is 4.26. The van der Waals surface area contributed by atoms with E-state index in [1.165, 1.54) is 12.1 Å². The number of hydrogen-bond acceptors (Lipinski definition) is 6. The van der Waals surface area contributed by atoms with E-state index in [-0.39, 0.29) is 16.1 Å². The molecule has 1 aromatic rings. The number of ether oxygens (including phenoxy) is 1. The molecule has 0 saturated heterocycles. The van der Waals surface area contributed by atoms with Gasteiger partial charge < -0.3 is 4.74 Å². The van der Waals surface area contributed by atoms with Crippen molar-refractivity contribution in [3.8, 4) is 0 Å². The standard InChI is InChI=1S/C10H7NO6S/c1-17-10(12)9-4-6-2-3-7(11(13)14)5-8(6)18(9,15)16/h2-5H,1H3. The summed E-state index contributed by atoms with van der Waals surface area (Å²) in [6, 6.07) is 3.38. The van der Waals surface area contributed by atoms with Crippen molar-refractivity contribution in [1.82, 2.24) is 0 Å². The molecule has 0 atom stereocenters. The minimum absolute atomic E-state index is 0.237. The van der Waals surface area contributed by atoms with E-state index in [1.54, 1.807) is 0 Å². The molecule has 0 N–H and O–H groups in total. The molecule has 0 radical (unpaired) electrons. The summed E-state index contributed by atoms with van der Waals surface area (Å²) in [5.74, 6) is -0.992. The van der Waals surface area contributed by atoms with Gasteiger partial charge in [-0.05, 0) is 17.7 Å². The van der Waals surface area contributed by atoms with Gasteiger partial charge in [0.15, 0.2) is 4.91 Å². The van der Waals surface area contributed by atoms with E-state index in [0.717, 1.165) is 19.3 Å². The summed E-state index contributed by atoms with van der Waals surface area (Å²) < 4.78 is 28.3. The highest BCUT2D eigenvalue weighted by atomic mass is 32.2. The van der Waals surface area contributed by atoms with Crippen molar-refractivity contribution >= 4 is 27.6 Å². The minimum atomic E-state index is -4.03. The summed E-state index contributed by atoms with van der Waals surface area (Å²) >= 11 is 0. The maximum Gasteiger partial charge on any atom is 0.349 e. The number of non-ortho nitro benzene ring substituents is 1. The Morgan fingerprint density at radius 2 is 2.06 bits per heavy atom. The average Bonchev–Trinajstić information content (AvgIpc) is 2.60. The van der Waals surface area contributed by atoms with Gasteiger partial charge in [0.1, 0.15) is 0 Å². The normalized spacial score (nSPS) is 15.7. The lowest BCUT2D eigenvalue weighted by Crippen LogP contribution is -2.12. The molecule has 0 aliphatic carbocycles. The summed E-state index contributed by atoms with van der Waals surface area (Å²) in [5, 5.41) is 10.6. The Morgan fingerprint density at radius 3 is 2.61 bits per heavy atom. The number of hydrogen-bond donors (Lipinski definition) is 0. The van der Waals surface area contributed by atoms with Crippen LogP contribution in [0.2, 0.25) is 0 Å². The lowest BCUT2D eigenvalue weighted by atomic mass is 10.2. The van der Waals surface area contributed by atoms with E-state index in [9.17, 15) is 23.3 Å². The number of esters is 1. The number of rotatable bonds is 2. The number of nitro groups is 1. The van der Waals surface area contributed by atoms with Gasteiger partial charge in [-0.2, -0.15) is 0 Å². The highest BCUT2D eigenvalue weighted by Gasteiger charge is 2.36. The highest BCUT2D eigenvalue weighted by molar-refractivity contribution is 7.96. The Bertz CT molecular complexity index is 688. The second-order valence-corrected chi connectivity index (χ2v) is 5.37. The Kier molecular flexibility index (Phi) is 2.66. The maximum absolute atomic E-state index is 12.0. The number of nitro benzene ring substituents is 1. The Labute approximate surface area is 102 Å². The van der Waals surface area contributed by atoms with Gasteiger partial charge in [0, 0.05) is 12.1 Å². The van der Waals surface area contributed by atoms with Crippen LogP contribution in [0.15, 0.2) is 28.0 Å². The molecule has 0 spiro atoms. The monoisotopic (exact) mass is 269 g/mol. The first kappa shape index (κ1) is 12.2. The number of carbonyl (C=O) groups is 1. The van der Waals surface area contributed by atoms with Crippen molar-refractivity contribution < 1.29 is 22.9 Å². The van der Waals surface area contributed by atoms with Gasteiger partial charge in [-0.25, -0.2) is 13.2 Å². The molecule has 8 heteroatoms. The summed E-state index contributed by atoms with van der Waals surface area (Å²) in [4.78, 5) is 20.4. The topological polar surface area (TPSA) is 104 Å². The number of nitrogens with zero attached hydrogens (tertiary/aromatic N) is 1. The van der Waals surface area contributed by atoms with Crippen LogP contribution in [0.5, 0.6) is 0 Å². The van der Waals surface area contributed by atoms with Gasteiger partial charge in [0.25, 0.3) is 5.69 Å². The summed E-state index contributed by atoms with van der Waals surface area (Å²) in [5.41, 5.74) is -0.113. The second-order valence-electron chi connectivity index (χ2n) is 3.48. The molecular weight excluding hydrogens is 262 g/mol. The van der Waals surface area contributed by atoms with Crippen LogP contribution in [0.1, 0.15) is 5.56 Å². The molecule has 1 aromatic carbocycles. The third kappa shape index (κ3) is 1.66. The van der Waals surface area contributed by atoms with Crippen LogP contribution in [0, 0.1) is 10.1 Å². The molecule has 0 aromatic heterocycles. The van der Waals surface area contributed by atoms with E-state index in [2.05, 4.69) is 4.74 Å². The molecule has 0 saturated carbocycles. The number of benzene rings is 1. The maximum atomic E-state index is 12.0. The van der Waals surface area contributed by atoms with Crippen LogP contribution in [-0.2, 0) is 19.4 Å². The third-order valence-electron chi connectivity index (χ3n) is 2.46. The zero-order chi connectivity index (χ0) is 13.5. The molecule has 0 bridgehead atoms. The Hall–Kier alpha value is -2.22. The summed E-state index contributed by atoms with van der Waals surface area (Å²) in [6.07, 6.45) is 1.14. The van der Waals surface area contributed by atoms with Crippen molar-refractivity contribution in [3.63, 3.8) is 0 Å². The van der Waals surface area contributed by atoms with Crippen molar-refractivity contribution in [2.45, 2.75) is 4.90 Å². The molecule has 94 valence electrons. The number of fused-ring (bicyclic) bond motifs is 1. The molecule has 2 rings (SSSR count). The van der Waals surface area contributed by atoms with Crippen molar-refractivity contribution in [2.24, 2.45) is 0 Å². The van der Waals surface area contributed by atoms with Gasteiger partial charge in [-0.15, -0.1) is 0 Å². The first-order valence-corrected chi connectivity index (χ1v) is 6.20. The fourth-order valence-corrected chi connectivity index (χ4v) is 3.13. The quantitative estimate of drug-likeness (QED) is 0.448. The Balaban J connectivity index is 2.62. The molecular formula is C10H7NO6S. The summed E-state index contributed by atoms with van der Waals surface area (Å²) in [6.45, 7) is 0. The van der Waals surface area contributed by atoms with Crippen molar-refractivity contribution in [1.29, 1.82) is 0 Å². The van der Waals surface area contributed by atoms with Crippen LogP contribution in [0.3, 0.4) is 0 Å². The zero-order valence-corrected chi connectivity index (χ0v) is 9.93. The Morgan fingerprint density at radius 1 is 1.39 bits per heavy atom. The first-order valence-electron chi connectivity index (χ1n) is 4.71. The predicted molar refractivity (Wildman–Crippen MR) is 60.3 cm³/mol. The van der Waals surface area contributed by atoms with Gasteiger partial charge in [0.2, 0.25) is 9.84 Å². The van der Waals surface area contributed by atoms with E-state index >= 15 is 0 Å². The largest absolute Gasteiger partial charge is 0.465 e. The second kappa shape index (κ2) is 3.91. The van der Waals surface area contributed by atoms with Gasteiger partial charge in [-0.1, -0.05) is 0 Å². The number of carbonyl (C=O) groups excluding carboxylic acids is 1. The van der Waals surface area contributed by atoms with Crippen LogP contribution < -0.4 is 0 Å². The molecule has 1 aliphatic heterocycles. The van der Waals surface area contributed by atoms with E-state index in [0.29, 0.717) is 0 Å². The number of sulfone groups is 1.